The molecule has 0 saturated carbocycles. The molecule has 9 heteroatoms. The SMILES string of the molecule is CCOC(=O)C(Cc1ccc(-c2ncc(F)cn2)cc1)c1c(SC(C)(C)C)c2cc(OCc3ccc(C)cn3)ccc2n1C. The minimum atomic E-state index is -0.550. The van der Waals surface area contributed by atoms with Gasteiger partial charge in [0.25, 0.3) is 0 Å². The van der Waals surface area contributed by atoms with Crippen LogP contribution in [-0.2, 0) is 29.6 Å². The first-order chi connectivity index (χ1) is 21.0. The lowest BCUT2D eigenvalue weighted by Gasteiger charge is -2.23. The van der Waals surface area contributed by atoms with Crippen LogP contribution in [0.5, 0.6) is 5.75 Å². The highest BCUT2D eigenvalue weighted by atomic mass is 32.2. The van der Waals surface area contributed by atoms with Crippen molar-refractivity contribution in [2.24, 2.45) is 7.05 Å². The summed E-state index contributed by atoms with van der Waals surface area (Å²) in [6.07, 6.45) is 4.57. The second-order valence-electron chi connectivity index (χ2n) is 11.7. The van der Waals surface area contributed by atoms with E-state index < -0.39 is 11.7 Å². The van der Waals surface area contributed by atoms with Crippen LogP contribution in [0.15, 0.2) is 78.1 Å². The van der Waals surface area contributed by atoms with Crippen LogP contribution in [0.4, 0.5) is 4.39 Å². The average molecular weight is 613 g/mol. The largest absolute Gasteiger partial charge is 0.487 e. The number of aromatic nitrogens is 4. The number of aryl methyl sites for hydroxylation is 2. The minimum absolute atomic E-state index is 0.123. The summed E-state index contributed by atoms with van der Waals surface area (Å²) in [6, 6.07) is 17.8. The highest BCUT2D eigenvalue weighted by molar-refractivity contribution is 8.00. The van der Waals surface area contributed by atoms with E-state index in [-0.39, 0.29) is 17.3 Å². The molecular weight excluding hydrogens is 575 g/mol. The second-order valence-corrected chi connectivity index (χ2v) is 13.6. The highest BCUT2D eigenvalue weighted by Gasteiger charge is 2.32. The Morgan fingerprint density at radius 2 is 1.73 bits per heavy atom. The fourth-order valence-corrected chi connectivity index (χ4v) is 6.34. The van der Waals surface area contributed by atoms with E-state index in [0.717, 1.165) is 62.0 Å². The second kappa shape index (κ2) is 13.2. The normalized spacial score (nSPS) is 12.3. The first-order valence-electron chi connectivity index (χ1n) is 14.6. The van der Waals surface area contributed by atoms with Crippen molar-refractivity contribution in [1.29, 1.82) is 0 Å². The van der Waals surface area contributed by atoms with Gasteiger partial charge in [-0.2, -0.15) is 0 Å². The molecule has 0 amide bonds. The van der Waals surface area contributed by atoms with Crippen molar-refractivity contribution in [2.45, 2.75) is 63.2 Å². The quantitative estimate of drug-likeness (QED) is 0.117. The Bertz CT molecular complexity index is 1750. The van der Waals surface area contributed by atoms with Crippen LogP contribution in [0.1, 0.15) is 56.1 Å². The maximum Gasteiger partial charge on any atom is 0.315 e. The number of rotatable bonds is 10. The number of carbonyl (C=O) groups excluding carboxylic acids is 1. The van der Waals surface area contributed by atoms with Crippen LogP contribution in [-0.4, -0.2) is 36.8 Å². The van der Waals surface area contributed by atoms with Crippen molar-refractivity contribution in [2.75, 3.05) is 6.61 Å². The molecule has 0 spiro atoms. The standard InChI is InChI=1S/C35H37FN4O3S/c1-7-42-34(41)29(16-23-9-11-24(12-10-23)33-38-19-25(36)20-39-33)31-32(44-35(3,4)5)28-17-27(14-15-30(28)40(31)6)43-21-26-13-8-22(2)18-37-26/h8-15,17-20,29H,7,16,21H2,1-6H3. The summed E-state index contributed by atoms with van der Waals surface area (Å²) in [5, 5.41) is 1.02. The number of fused-ring (bicyclic) bond motifs is 1. The van der Waals surface area contributed by atoms with E-state index in [0.29, 0.717) is 18.9 Å². The average Bonchev–Trinajstić information content (AvgIpc) is 3.25. The number of thioether (sulfide) groups is 1. The molecule has 2 aromatic carbocycles. The topological polar surface area (TPSA) is 79.1 Å². The number of carbonyl (C=O) groups is 1. The van der Waals surface area contributed by atoms with Crippen LogP contribution in [0.25, 0.3) is 22.3 Å². The van der Waals surface area contributed by atoms with Crippen molar-refractivity contribution in [1.82, 2.24) is 19.5 Å². The van der Waals surface area contributed by atoms with Gasteiger partial charge >= 0.3 is 5.97 Å². The van der Waals surface area contributed by atoms with Crippen LogP contribution in [0.2, 0.25) is 0 Å². The predicted molar refractivity (Wildman–Crippen MR) is 172 cm³/mol. The minimum Gasteiger partial charge on any atom is -0.487 e. The number of ether oxygens (including phenoxy) is 2. The van der Waals surface area contributed by atoms with Crippen LogP contribution in [0.3, 0.4) is 0 Å². The molecule has 0 aliphatic heterocycles. The summed E-state index contributed by atoms with van der Waals surface area (Å²) in [4.78, 5) is 27.3. The zero-order valence-electron chi connectivity index (χ0n) is 25.9. The molecule has 44 heavy (non-hydrogen) atoms. The molecule has 228 valence electrons. The van der Waals surface area contributed by atoms with E-state index in [1.807, 2.05) is 75.6 Å². The highest BCUT2D eigenvalue weighted by Crippen LogP contribution is 2.45. The molecule has 1 atom stereocenters. The van der Waals surface area contributed by atoms with Gasteiger partial charge in [0, 0.05) is 45.0 Å². The van der Waals surface area contributed by atoms with Crippen molar-refractivity contribution >= 4 is 28.6 Å². The lowest BCUT2D eigenvalue weighted by atomic mass is 9.95. The number of nitrogens with zero attached hydrogens (tertiary/aromatic N) is 4. The Kier molecular flexibility index (Phi) is 9.34. The Balaban J connectivity index is 1.52. The summed E-state index contributed by atoms with van der Waals surface area (Å²) in [5.41, 5.74) is 5.59. The Hall–Kier alpha value is -4.24. The van der Waals surface area contributed by atoms with Gasteiger partial charge in [-0.15, -0.1) is 11.8 Å². The van der Waals surface area contributed by atoms with Crippen molar-refractivity contribution in [3.05, 3.63) is 102 Å². The van der Waals surface area contributed by atoms with Gasteiger partial charge in [-0.1, -0.05) is 51.1 Å². The van der Waals surface area contributed by atoms with Gasteiger partial charge in [-0.25, -0.2) is 14.4 Å². The summed E-state index contributed by atoms with van der Waals surface area (Å²) < 4.78 is 27.1. The zero-order valence-corrected chi connectivity index (χ0v) is 26.7. The molecular formula is C35H37FN4O3S. The fourth-order valence-electron chi connectivity index (χ4n) is 5.07. The lowest BCUT2D eigenvalue weighted by Crippen LogP contribution is -2.22. The molecule has 5 aromatic rings. The van der Waals surface area contributed by atoms with Gasteiger partial charge in [-0.05, 0) is 55.7 Å². The van der Waals surface area contributed by atoms with Crippen LogP contribution in [0, 0.1) is 12.7 Å². The summed E-state index contributed by atoms with van der Waals surface area (Å²) >= 11 is 1.73. The van der Waals surface area contributed by atoms with Crippen molar-refractivity contribution in [3.8, 4) is 17.1 Å². The maximum absolute atomic E-state index is 13.6. The van der Waals surface area contributed by atoms with Gasteiger partial charge < -0.3 is 14.0 Å². The van der Waals surface area contributed by atoms with Crippen LogP contribution >= 0.6 is 11.8 Å². The third-order valence-corrected chi connectivity index (χ3v) is 8.35. The first kappa shape index (κ1) is 31.2. The van der Waals surface area contributed by atoms with E-state index in [1.165, 1.54) is 0 Å². The molecule has 5 rings (SSSR count). The molecule has 0 saturated heterocycles. The van der Waals surface area contributed by atoms with Gasteiger partial charge in [0.2, 0.25) is 0 Å². The lowest BCUT2D eigenvalue weighted by molar-refractivity contribution is -0.145. The van der Waals surface area contributed by atoms with E-state index in [9.17, 15) is 9.18 Å². The third-order valence-electron chi connectivity index (χ3n) is 7.11. The number of hydrogen-bond donors (Lipinski definition) is 0. The number of esters is 1. The van der Waals surface area contributed by atoms with Gasteiger partial charge in [-0.3, -0.25) is 9.78 Å². The maximum atomic E-state index is 13.6. The Morgan fingerprint density at radius 3 is 2.36 bits per heavy atom. The van der Waals surface area contributed by atoms with E-state index in [2.05, 4.69) is 46.4 Å². The number of halogens is 1. The summed E-state index contributed by atoms with van der Waals surface area (Å²) in [5.74, 6) is -0.135. The molecule has 7 nitrogen and oxygen atoms in total. The molecule has 0 N–H and O–H groups in total. The van der Waals surface area contributed by atoms with Crippen molar-refractivity contribution in [3.63, 3.8) is 0 Å². The number of hydrogen-bond acceptors (Lipinski definition) is 7. The fraction of sp³-hybridized carbons (Fsp3) is 0.314. The molecule has 0 bridgehead atoms. The summed E-state index contributed by atoms with van der Waals surface area (Å²) in [6.45, 7) is 11.0. The van der Waals surface area contributed by atoms with E-state index >= 15 is 0 Å². The Morgan fingerprint density at radius 1 is 1.00 bits per heavy atom. The molecule has 3 aromatic heterocycles. The molecule has 0 radical (unpaired) electrons. The van der Waals surface area contributed by atoms with Gasteiger partial charge in [0.05, 0.1) is 24.7 Å². The number of benzene rings is 2. The zero-order chi connectivity index (χ0) is 31.4. The molecule has 0 fully saturated rings. The Labute approximate surface area is 261 Å². The molecule has 0 aliphatic carbocycles. The van der Waals surface area contributed by atoms with Crippen LogP contribution < -0.4 is 4.74 Å². The van der Waals surface area contributed by atoms with E-state index in [1.54, 1.807) is 11.8 Å². The number of pyridine rings is 1. The molecule has 1 unspecified atom stereocenters. The monoisotopic (exact) mass is 612 g/mol. The molecule has 0 aliphatic rings. The van der Waals surface area contributed by atoms with Gasteiger partial charge in [0.15, 0.2) is 11.6 Å². The van der Waals surface area contributed by atoms with Gasteiger partial charge in [0.1, 0.15) is 18.3 Å². The van der Waals surface area contributed by atoms with E-state index in [4.69, 9.17) is 9.47 Å². The predicted octanol–water partition coefficient (Wildman–Crippen LogP) is 7.84. The summed E-state index contributed by atoms with van der Waals surface area (Å²) in [7, 11) is 2.00. The molecule has 3 heterocycles. The smallest absolute Gasteiger partial charge is 0.315 e. The first-order valence-corrected chi connectivity index (χ1v) is 15.4. The van der Waals surface area contributed by atoms with Crippen molar-refractivity contribution < 1.29 is 18.7 Å². The third kappa shape index (κ3) is 7.27.